The van der Waals surface area contributed by atoms with Crippen LogP contribution in [0.15, 0.2) is 83.9 Å². The lowest BCUT2D eigenvalue weighted by molar-refractivity contribution is -0.128. The topological polar surface area (TPSA) is 146 Å². The van der Waals surface area contributed by atoms with Gasteiger partial charge in [-0.25, -0.2) is 4.79 Å². The Morgan fingerprint density at radius 2 is 1.57 bits per heavy atom. The third-order valence-electron chi connectivity index (χ3n) is 6.41. The average Bonchev–Trinajstić information content (AvgIpc) is 2.98. The normalized spacial score (nSPS) is 12.7. The highest BCUT2D eigenvalue weighted by Crippen LogP contribution is 2.22. The van der Waals surface area contributed by atoms with Gasteiger partial charge in [0.05, 0.1) is 19.2 Å². The van der Waals surface area contributed by atoms with E-state index in [1.165, 1.54) is 7.11 Å². The first-order valence-electron chi connectivity index (χ1n) is 13.1. The highest BCUT2D eigenvalue weighted by molar-refractivity contribution is 6.03. The van der Waals surface area contributed by atoms with Gasteiger partial charge >= 0.3 is 6.09 Å². The summed E-state index contributed by atoms with van der Waals surface area (Å²) in [6.07, 6.45) is 0.936. The molecule has 2 amide bonds. The summed E-state index contributed by atoms with van der Waals surface area (Å²) < 4.78 is 10.6. The molecule has 0 bridgehead atoms. The largest absolute Gasteiger partial charge is 0.496 e. The molecule has 0 heterocycles. The maximum absolute atomic E-state index is 12.7. The number of carbonyl (C=O) groups is 3. The highest BCUT2D eigenvalue weighted by Gasteiger charge is 2.20. The lowest BCUT2D eigenvalue weighted by Gasteiger charge is -2.17. The van der Waals surface area contributed by atoms with Crippen molar-refractivity contribution in [3.63, 3.8) is 0 Å². The molecule has 0 unspecified atom stereocenters. The van der Waals surface area contributed by atoms with Crippen LogP contribution in [0.25, 0.3) is 0 Å². The minimum Gasteiger partial charge on any atom is -0.496 e. The molecule has 40 heavy (non-hydrogen) atoms. The number of aryl methyl sites for hydroxylation is 2. The van der Waals surface area contributed by atoms with Gasteiger partial charge in [-0.05, 0) is 48.9 Å². The standard InChI is InChI=1S/C31H36N4O5/c1-21(34-30(37)26(32)17-13-22-9-5-3-6-10-22)27(36)18-16-24-14-15-25(19-28(24)39-2)29(33)35-31(38)40-20-23-11-7-4-8-12-23/h3-12,14-15,19,21,26H,13,16-18,20,32H2,1-2H3,(H,34,37)(H2,33,35,38)/t21-,26+/m0/s1. The number of nitrogens with zero attached hydrogens (tertiary/aromatic N) is 1. The van der Waals surface area contributed by atoms with Crippen molar-refractivity contribution in [3.8, 4) is 5.75 Å². The first-order chi connectivity index (χ1) is 19.3. The number of rotatable bonds is 13. The second-order valence-electron chi connectivity index (χ2n) is 9.39. The number of hydrogen-bond acceptors (Lipinski definition) is 6. The zero-order chi connectivity index (χ0) is 28.9. The van der Waals surface area contributed by atoms with Crippen LogP contribution in [0.4, 0.5) is 4.79 Å². The smallest absolute Gasteiger partial charge is 0.435 e. The Kier molecular flexibility index (Phi) is 11.4. The van der Waals surface area contributed by atoms with Crippen LogP contribution in [0.3, 0.4) is 0 Å². The molecule has 5 N–H and O–H groups in total. The van der Waals surface area contributed by atoms with Crippen LogP contribution in [0.2, 0.25) is 0 Å². The number of nitrogens with two attached hydrogens (primary N) is 2. The molecule has 0 saturated carbocycles. The predicted octanol–water partition coefficient (Wildman–Crippen LogP) is 3.70. The second-order valence-corrected chi connectivity index (χ2v) is 9.39. The summed E-state index contributed by atoms with van der Waals surface area (Å²) in [5, 5.41) is 2.72. The van der Waals surface area contributed by atoms with E-state index in [1.807, 2.05) is 60.7 Å². The van der Waals surface area contributed by atoms with E-state index in [0.717, 1.165) is 16.7 Å². The van der Waals surface area contributed by atoms with E-state index in [0.29, 0.717) is 30.6 Å². The first kappa shape index (κ1) is 30.0. The maximum Gasteiger partial charge on any atom is 0.435 e. The van der Waals surface area contributed by atoms with Crippen LogP contribution in [0.5, 0.6) is 5.75 Å². The molecule has 0 spiro atoms. The van der Waals surface area contributed by atoms with Crippen molar-refractivity contribution in [3.05, 3.63) is 101 Å². The molecule has 210 valence electrons. The molecule has 0 saturated heterocycles. The van der Waals surface area contributed by atoms with E-state index in [1.54, 1.807) is 25.1 Å². The number of ketones is 1. The Morgan fingerprint density at radius 1 is 0.925 bits per heavy atom. The molecule has 3 aromatic carbocycles. The summed E-state index contributed by atoms with van der Waals surface area (Å²) in [7, 11) is 1.51. The third kappa shape index (κ3) is 9.36. The van der Waals surface area contributed by atoms with Gasteiger partial charge in [-0.1, -0.05) is 72.8 Å². The molecule has 0 fully saturated rings. The lowest BCUT2D eigenvalue weighted by atomic mass is 10.0. The molecule has 9 heteroatoms. The van der Waals surface area contributed by atoms with E-state index < -0.39 is 18.2 Å². The molecule has 0 aliphatic carbocycles. The second kappa shape index (κ2) is 15.2. The minimum atomic E-state index is -0.800. The monoisotopic (exact) mass is 544 g/mol. The summed E-state index contributed by atoms with van der Waals surface area (Å²) in [6, 6.07) is 22.8. The number of nitrogens with one attached hydrogen (secondary N) is 1. The average molecular weight is 545 g/mol. The number of amidine groups is 1. The molecule has 2 atom stereocenters. The van der Waals surface area contributed by atoms with Crippen LogP contribution in [-0.4, -0.2) is 42.8 Å². The fourth-order valence-electron chi connectivity index (χ4n) is 4.00. The SMILES string of the molecule is COc1cc(C(N)=NC(=O)OCc2ccccc2)ccc1CCC(=O)[C@H](C)NC(=O)[C@H](N)CCc1ccccc1. The fraction of sp³-hybridized carbons (Fsp3) is 0.290. The fourth-order valence-corrected chi connectivity index (χ4v) is 4.00. The van der Waals surface area contributed by atoms with Crippen molar-refractivity contribution in [2.24, 2.45) is 16.5 Å². The number of aliphatic imine (C=N–C) groups is 1. The van der Waals surface area contributed by atoms with E-state index in [4.69, 9.17) is 20.9 Å². The number of methoxy groups -OCH3 is 1. The van der Waals surface area contributed by atoms with Gasteiger partial charge in [0, 0.05) is 12.0 Å². The molecular formula is C31H36N4O5. The van der Waals surface area contributed by atoms with Crippen molar-refractivity contribution >= 4 is 23.6 Å². The van der Waals surface area contributed by atoms with Gasteiger partial charge in [0.25, 0.3) is 0 Å². The Bertz CT molecular complexity index is 1310. The number of benzene rings is 3. The molecule has 3 rings (SSSR count). The summed E-state index contributed by atoms with van der Waals surface area (Å²) in [4.78, 5) is 41.1. The number of hydrogen-bond donors (Lipinski definition) is 3. The molecule has 3 aromatic rings. The Balaban J connectivity index is 1.50. The van der Waals surface area contributed by atoms with E-state index in [2.05, 4.69) is 10.3 Å². The van der Waals surface area contributed by atoms with Crippen LogP contribution < -0.4 is 21.5 Å². The van der Waals surface area contributed by atoms with Crippen molar-refractivity contribution in [1.82, 2.24) is 5.32 Å². The number of ether oxygens (including phenoxy) is 2. The van der Waals surface area contributed by atoms with Crippen LogP contribution in [0.1, 0.15) is 42.0 Å². The number of carbonyl (C=O) groups excluding carboxylic acids is 3. The maximum atomic E-state index is 12.7. The lowest BCUT2D eigenvalue weighted by Crippen LogP contribution is -2.47. The first-order valence-corrected chi connectivity index (χ1v) is 13.1. The summed E-state index contributed by atoms with van der Waals surface area (Å²) in [5.41, 5.74) is 15.3. The molecule has 0 aliphatic rings. The van der Waals surface area contributed by atoms with Gasteiger partial charge < -0.3 is 26.3 Å². The minimum absolute atomic E-state index is 0.0149. The van der Waals surface area contributed by atoms with Crippen molar-refractivity contribution in [1.29, 1.82) is 0 Å². The number of Topliss-reactive ketones (excluding diaryl/α,β-unsaturated/α-hetero) is 1. The molecule has 9 nitrogen and oxygen atoms in total. The van der Waals surface area contributed by atoms with Crippen LogP contribution >= 0.6 is 0 Å². The van der Waals surface area contributed by atoms with Crippen LogP contribution in [0, 0.1) is 0 Å². The van der Waals surface area contributed by atoms with E-state index in [-0.39, 0.29) is 30.6 Å². The van der Waals surface area contributed by atoms with E-state index >= 15 is 0 Å². The Labute approximate surface area is 234 Å². The summed E-state index contributed by atoms with van der Waals surface area (Å²) >= 11 is 0. The Morgan fingerprint density at radius 3 is 2.23 bits per heavy atom. The predicted molar refractivity (Wildman–Crippen MR) is 154 cm³/mol. The quantitative estimate of drug-likeness (QED) is 0.220. The highest BCUT2D eigenvalue weighted by atomic mass is 16.5. The summed E-state index contributed by atoms with van der Waals surface area (Å²) in [6.45, 7) is 1.74. The van der Waals surface area contributed by atoms with Gasteiger partial charge in [-0.3, -0.25) is 9.59 Å². The van der Waals surface area contributed by atoms with Crippen molar-refractivity contribution in [2.75, 3.05) is 7.11 Å². The molecular weight excluding hydrogens is 508 g/mol. The van der Waals surface area contributed by atoms with Gasteiger partial charge in [-0.2, -0.15) is 4.99 Å². The van der Waals surface area contributed by atoms with Gasteiger partial charge in [0.1, 0.15) is 18.2 Å². The van der Waals surface area contributed by atoms with Crippen molar-refractivity contribution < 1.29 is 23.9 Å². The molecule has 0 aliphatic heterocycles. The van der Waals surface area contributed by atoms with Crippen molar-refractivity contribution in [2.45, 2.75) is 51.3 Å². The van der Waals surface area contributed by atoms with E-state index in [9.17, 15) is 14.4 Å². The number of amides is 2. The molecule has 0 radical (unpaired) electrons. The van der Waals surface area contributed by atoms with Gasteiger partial charge in [0.2, 0.25) is 5.91 Å². The van der Waals surface area contributed by atoms with Crippen LogP contribution in [-0.2, 0) is 33.8 Å². The zero-order valence-corrected chi connectivity index (χ0v) is 22.8. The molecule has 0 aromatic heterocycles. The summed E-state index contributed by atoms with van der Waals surface area (Å²) in [5.74, 6) is 0.00685. The third-order valence-corrected chi connectivity index (χ3v) is 6.41. The zero-order valence-electron chi connectivity index (χ0n) is 22.8. The van der Waals surface area contributed by atoms with Gasteiger partial charge in [-0.15, -0.1) is 0 Å². The van der Waals surface area contributed by atoms with Gasteiger partial charge in [0.15, 0.2) is 5.78 Å². The Hall–Kier alpha value is -4.50.